The van der Waals surface area contributed by atoms with Gasteiger partial charge in [0.2, 0.25) is 6.79 Å². The average molecular weight is 395 g/mol. The van der Waals surface area contributed by atoms with Crippen LogP contribution in [0.4, 0.5) is 0 Å². The van der Waals surface area contributed by atoms with E-state index in [1.807, 2.05) is 18.2 Å². The molecule has 7 nitrogen and oxygen atoms in total. The summed E-state index contributed by atoms with van der Waals surface area (Å²) >= 11 is 0. The van der Waals surface area contributed by atoms with Crippen molar-refractivity contribution in [3.8, 4) is 11.5 Å². The van der Waals surface area contributed by atoms with E-state index in [9.17, 15) is 9.59 Å². The van der Waals surface area contributed by atoms with E-state index in [1.165, 1.54) is 25.2 Å². The molecular weight excluding hydrogens is 370 g/mol. The molecule has 29 heavy (non-hydrogen) atoms. The van der Waals surface area contributed by atoms with Gasteiger partial charge in [0, 0.05) is 25.0 Å². The van der Waals surface area contributed by atoms with Gasteiger partial charge in [-0.25, -0.2) is 0 Å². The van der Waals surface area contributed by atoms with Gasteiger partial charge in [-0.05, 0) is 36.6 Å². The monoisotopic (exact) mass is 395 g/mol. The van der Waals surface area contributed by atoms with Crippen LogP contribution in [0.2, 0.25) is 0 Å². The lowest BCUT2D eigenvalue weighted by atomic mass is 10.1. The van der Waals surface area contributed by atoms with Gasteiger partial charge in [0.05, 0.1) is 11.1 Å². The molecule has 2 aromatic rings. The number of nitrogens with zero attached hydrogens (tertiary/aromatic N) is 1. The number of fused-ring (bicyclic) bond motifs is 1. The van der Waals surface area contributed by atoms with Crippen LogP contribution in [0.3, 0.4) is 0 Å². The molecule has 2 aliphatic rings. The molecule has 0 atom stereocenters. The third kappa shape index (κ3) is 4.85. The summed E-state index contributed by atoms with van der Waals surface area (Å²) in [6.07, 6.45) is 9.73. The molecule has 1 saturated carbocycles. The highest BCUT2D eigenvalue weighted by atomic mass is 16.7. The highest BCUT2D eigenvalue weighted by molar-refractivity contribution is 5.99. The highest BCUT2D eigenvalue weighted by Crippen LogP contribution is 2.32. The minimum absolute atomic E-state index is 0.171. The first-order chi connectivity index (χ1) is 14.2. The number of hydrogen-bond acceptors (Lipinski definition) is 5. The number of ether oxygens (including phenoxy) is 2. The first kappa shape index (κ1) is 19.2. The maximum atomic E-state index is 12.6. The number of hydrogen-bond donors (Lipinski definition) is 2. The number of carbonyl (C=O) groups is 2. The van der Waals surface area contributed by atoms with Crippen molar-refractivity contribution >= 4 is 11.8 Å². The molecule has 2 amide bonds. The Bertz CT molecular complexity index is 891. The van der Waals surface area contributed by atoms with E-state index in [-0.39, 0.29) is 24.6 Å². The molecule has 7 heteroatoms. The normalized spacial score (nSPS) is 16.1. The van der Waals surface area contributed by atoms with Crippen LogP contribution < -0.4 is 20.1 Å². The lowest BCUT2D eigenvalue weighted by molar-refractivity contribution is 0.0933. The van der Waals surface area contributed by atoms with Crippen molar-refractivity contribution < 1.29 is 19.1 Å². The van der Waals surface area contributed by atoms with Gasteiger partial charge in [-0.15, -0.1) is 0 Å². The van der Waals surface area contributed by atoms with E-state index >= 15 is 0 Å². The van der Waals surface area contributed by atoms with Gasteiger partial charge in [0.15, 0.2) is 11.5 Å². The molecule has 0 saturated heterocycles. The lowest BCUT2D eigenvalue weighted by Crippen LogP contribution is -2.34. The van der Waals surface area contributed by atoms with Gasteiger partial charge in [-0.2, -0.15) is 0 Å². The van der Waals surface area contributed by atoms with Crippen LogP contribution in [-0.2, 0) is 6.54 Å². The van der Waals surface area contributed by atoms with E-state index in [4.69, 9.17) is 9.47 Å². The zero-order chi connectivity index (χ0) is 20.1. The molecule has 1 fully saturated rings. The van der Waals surface area contributed by atoms with Crippen LogP contribution in [0, 0.1) is 0 Å². The Labute approximate surface area is 169 Å². The Morgan fingerprint density at radius 1 is 0.931 bits per heavy atom. The third-order valence-electron chi connectivity index (χ3n) is 5.34. The van der Waals surface area contributed by atoms with Crippen molar-refractivity contribution in [3.05, 3.63) is 53.3 Å². The molecule has 0 unspecified atom stereocenters. The van der Waals surface area contributed by atoms with Gasteiger partial charge in [0.25, 0.3) is 11.8 Å². The highest BCUT2D eigenvalue weighted by Gasteiger charge is 2.18. The van der Waals surface area contributed by atoms with Gasteiger partial charge in [-0.1, -0.05) is 31.7 Å². The Kier molecular flexibility index (Phi) is 5.93. The Balaban J connectivity index is 1.36. The van der Waals surface area contributed by atoms with Crippen LogP contribution in [-0.4, -0.2) is 29.6 Å². The largest absolute Gasteiger partial charge is 0.454 e. The number of aromatic nitrogens is 1. The van der Waals surface area contributed by atoms with Gasteiger partial charge < -0.3 is 20.1 Å². The quantitative estimate of drug-likeness (QED) is 0.759. The maximum Gasteiger partial charge on any atom is 0.253 e. The number of nitrogens with one attached hydrogen (secondary N) is 2. The van der Waals surface area contributed by atoms with E-state index in [1.54, 1.807) is 6.07 Å². The topological polar surface area (TPSA) is 89.6 Å². The molecule has 1 aromatic heterocycles. The predicted octanol–water partition coefficient (Wildman–Crippen LogP) is 3.19. The Morgan fingerprint density at radius 2 is 1.66 bits per heavy atom. The summed E-state index contributed by atoms with van der Waals surface area (Å²) in [7, 11) is 0. The van der Waals surface area contributed by atoms with E-state index < -0.39 is 0 Å². The summed E-state index contributed by atoms with van der Waals surface area (Å²) in [4.78, 5) is 29.2. The second kappa shape index (κ2) is 8.94. The Hall–Kier alpha value is -3.09. The van der Waals surface area contributed by atoms with Crippen molar-refractivity contribution in [1.29, 1.82) is 0 Å². The summed E-state index contributed by atoms with van der Waals surface area (Å²) in [5.41, 5.74) is 1.67. The molecule has 152 valence electrons. The summed E-state index contributed by atoms with van der Waals surface area (Å²) in [6.45, 7) is 0.556. The number of pyridine rings is 1. The van der Waals surface area contributed by atoms with E-state index in [0.717, 1.165) is 31.2 Å². The Morgan fingerprint density at radius 3 is 2.45 bits per heavy atom. The van der Waals surface area contributed by atoms with Crippen LogP contribution >= 0.6 is 0 Å². The molecule has 0 spiro atoms. The van der Waals surface area contributed by atoms with Crippen molar-refractivity contribution in [2.24, 2.45) is 0 Å². The van der Waals surface area contributed by atoms with E-state index in [0.29, 0.717) is 29.2 Å². The molecule has 2 heterocycles. The summed E-state index contributed by atoms with van der Waals surface area (Å²) in [5.74, 6) is 0.932. The fraction of sp³-hybridized carbons (Fsp3) is 0.409. The second-order valence-electron chi connectivity index (χ2n) is 7.49. The molecule has 0 radical (unpaired) electrons. The zero-order valence-corrected chi connectivity index (χ0v) is 16.3. The minimum Gasteiger partial charge on any atom is -0.454 e. The van der Waals surface area contributed by atoms with Crippen molar-refractivity contribution in [2.45, 2.75) is 51.1 Å². The van der Waals surface area contributed by atoms with Crippen LogP contribution in [0.5, 0.6) is 11.5 Å². The summed E-state index contributed by atoms with van der Waals surface area (Å²) < 4.78 is 10.6. The second-order valence-corrected chi connectivity index (χ2v) is 7.49. The van der Waals surface area contributed by atoms with Crippen molar-refractivity contribution in [3.63, 3.8) is 0 Å². The molecule has 1 aliphatic carbocycles. The zero-order valence-electron chi connectivity index (χ0n) is 16.3. The molecule has 0 bridgehead atoms. The summed E-state index contributed by atoms with van der Waals surface area (Å²) in [6, 6.07) is 7.34. The average Bonchev–Trinajstić information content (AvgIpc) is 3.07. The van der Waals surface area contributed by atoms with Crippen LogP contribution in [0.25, 0.3) is 0 Å². The molecular formula is C22H25N3O4. The lowest BCUT2D eigenvalue weighted by Gasteiger charge is -2.16. The molecule has 2 N–H and O–H groups in total. The smallest absolute Gasteiger partial charge is 0.253 e. The number of benzene rings is 1. The van der Waals surface area contributed by atoms with Gasteiger partial charge in [-0.3, -0.25) is 14.6 Å². The molecule has 1 aliphatic heterocycles. The standard InChI is InChI=1S/C22H25N3O4/c26-21(24-11-15-7-8-19-20(9-15)29-14-28-19)16-10-17(13-23-12-16)22(27)25-18-5-3-1-2-4-6-18/h7-10,12-13,18H,1-6,11,14H2,(H,24,26)(H,25,27). The fourth-order valence-corrected chi connectivity index (χ4v) is 3.72. The third-order valence-corrected chi connectivity index (χ3v) is 5.34. The van der Waals surface area contributed by atoms with Crippen LogP contribution in [0.1, 0.15) is 64.8 Å². The number of rotatable bonds is 5. The van der Waals surface area contributed by atoms with Crippen molar-refractivity contribution in [2.75, 3.05) is 6.79 Å². The maximum absolute atomic E-state index is 12.6. The molecule has 1 aromatic carbocycles. The molecule has 4 rings (SSSR count). The van der Waals surface area contributed by atoms with E-state index in [2.05, 4.69) is 15.6 Å². The fourth-order valence-electron chi connectivity index (χ4n) is 3.72. The number of carbonyl (C=O) groups excluding carboxylic acids is 2. The van der Waals surface area contributed by atoms with Crippen LogP contribution in [0.15, 0.2) is 36.7 Å². The first-order valence-corrected chi connectivity index (χ1v) is 10.1. The predicted molar refractivity (Wildman–Crippen MR) is 107 cm³/mol. The minimum atomic E-state index is -0.278. The number of amides is 2. The SMILES string of the molecule is O=C(NCc1ccc2c(c1)OCO2)c1cncc(C(=O)NC2CCCCCC2)c1. The van der Waals surface area contributed by atoms with Crippen molar-refractivity contribution in [1.82, 2.24) is 15.6 Å². The van der Waals surface area contributed by atoms with Gasteiger partial charge >= 0.3 is 0 Å². The first-order valence-electron chi connectivity index (χ1n) is 10.1. The summed E-state index contributed by atoms with van der Waals surface area (Å²) in [5, 5.41) is 5.94. The van der Waals surface area contributed by atoms with Gasteiger partial charge in [0.1, 0.15) is 0 Å².